The number of rotatable bonds is 11. The summed E-state index contributed by atoms with van der Waals surface area (Å²) in [4.78, 5) is 8.51. The summed E-state index contributed by atoms with van der Waals surface area (Å²) in [6, 6.07) is 0. The zero-order chi connectivity index (χ0) is 64.0. The highest BCUT2D eigenvalue weighted by Gasteiger charge is 2.60. The molecule has 89 heavy (non-hydrogen) atoms. The molecule has 0 aliphatic carbocycles. The fourth-order valence-electron chi connectivity index (χ4n) is 11.7. The van der Waals surface area contributed by atoms with Crippen LogP contribution in [0.1, 0.15) is 0 Å². The lowest BCUT2D eigenvalue weighted by Gasteiger charge is -2.50. The number of aliphatic hydroxyl groups is 19. The van der Waals surface area contributed by atoms with Gasteiger partial charge in [0, 0.05) is 50.4 Å². The van der Waals surface area contributed by atoms with Crippen LogP contribution in [0.4, 0.5) is 0 Å². The van der Waals surface area contributed by atoms with E-state index >= 15 is 0 Å². The van der Waals surface area contributed by atoms with Crippen LogP contribution in [0.25, 0.3) is 0 Å². The fourth-order valence-corrected chi connectivity index (χ4v) is 13.6. The zero-order valence-corrected chi connectivity index (χ0v) is 48.9. The molecule has 0 amide bonds. The second-order valence-corrected chi connectivity index (χ2v) is 24.5. The Hall–Kier alpha value is -2.20. The van der Waals surface area contributed by atoms with Crippen molar-refractivity contribution in [3.63, 3.8) is 0 Å². The molecule has 35 atom stereocenters. The molecule has 0 spiro atoms. The molecule has 21 aliphatic heterocycles. The lowest BCUT2D eigenvalue weighted by atomic mass is 9.95. The van der Waals surface area contributed by atoms with Gasteiger partial charge in [-0.25, -0.2) is 9.97 Å². The number of hydrogen-bond acceptors (Lipinski definition) is 37. The summed E-state index contributed by atoms with van der Waals surface area (Å²) in [5.74, 6) is -0.410. The smallest absolute Gasteiger partial charge is 0.187 e. The molecule has 0 saturated carbocycles. The van der Waals surface area contributed by atoms with E-state index in [1.165, 1.54) is 12.4 Å². The Labute approximate surface area is 513 Å². The molecule has 14 bridgehead atoms. The van der Waals surface area contributed by atoms with Crippen LogP contribution in [0.5, 0.6) is 0 Å². The van der Waals surface area contributed by atoms with Crippen LogP contribution in [-0.2, 0) is 80.4 Å². The van der Waals surface area contributed by atoms with E-state index < -0.39 is 248 Å². The third kappa shape index (κ3) is 14.2. The van der Waals surface area contributed by atoms with Crippen LogP contribution >= 0.6 is 23.5 Å². The topological polar surface area (TPSA) is 549 Å². The predicted molar refractivity (Wildman–Crippen MR) is 282 cm³/mol. The molecule has 21 saturated heterocycles. The number of aromatic nitrogens is 4. The summed E-state index contributed by atoms with van der Waals surface area (Å²) >= 11 is 2.07. The van der Waals surface area contributed by atoms with Gasteiger partial charge >= 0.3 is 0 Å². The Kier molecular flexibility index (Phi) is 23.3. The number of hydrogen-bond donors (Lipinski definition) is 19. The molecule has 2 aromatic heterocycles. The summed E-state index contributed by atoms with van der Waals surface area (Å²) in [5, 5.41) is 217. The zero-order valence-electron chi connectivity index (χ0n) is 47.3. The first-order chi connectivity index (χ1) is 42.5. The van der Waals surface area contributed by atoms with E-state index in [0.717, 1.165) is 23.5 Å². The Balaban J connectivity index is 0.958. The van der Waals surface area contributed by atoms with Gasteiger partial charge in [-0.15, -0.1) is 0 Å². The van der Waals surface area contributed by atoms with Gasteiger partial charge < -0.3 is 172 Å². The maximum atomic E-state index is 11.8. The summed E-state index contributed by atoms with van der Waals surface area (Å²) in [5.41, 5.74) is 0. The number of aliphatic hydroxyl groups excluding tert-OH is 19. The van der Waals surface area contributed by atoms with Gasteiger partial charge in [-0.2, -0.15) is 0 Å². The quantitative estimate of drug-likeness (QED) is 0.0929. The standard InChI is InChI=1S/C50H78N4O33S2/c1-53-5-3-51-49(53)88-12-19-40-27(66)34(73)48(80-19)85-39-18(11-59)76-44(30(69)23(39)62)83-37-16(9-57)78-46(32(71)25(37)64)87-41-20(13-89-50-52-4-6-54(50)2)79-47(33(72)26(41)65)84-38-17(10-58)75-43(29(68)22(38)61)81-35-14(7-55)74-42(28(67)21(35)60)82-36-15(8-56)77-45(86-40)31(70)24(36)63/h3-6,14-48,55-73H,7-13H2,1-2H3/t14-,15-,16-,17-,18-,19-,20-,21-,22-,23-,24-,25-,26-,27-,28-,29-,30-,31-,32-,33-,34-,35-,36-,37-,38-,39-,40-,41-,42-,43-,44-,45-,46-,47-,48-/m1/s1. The fraction of sp³-hybridized carbons (Fsp3) is 0.880. The van der Waals surface area contributed by atoms with Crippen molar-refractivity contribution in [1.82, 2.24) is 19.1 Å². The van der Waals surface area contributed by atoms with Crippen molar-refractivity contribution in [1.29, 1.82) is 0 Å². The SMILES string of the molecule is Cn1ccnc1SC[C@H]1O[C@@H]2O[C@H]3[C@H](O)[C@@H](O)[C@@H](O[C@H]4[C@H](O)[C@@H](O)[C@@H](O[C@H]5[C@H](O)[C@@H](O)[C@@H](O[C@H]6[C@H](O)[C@@H](O)[C@@H](O[C@H]7[C@H](O)[C@@H](O)[C@@H](O[C@H]8[C@H](O)[C@@H](O)[C@@H](O[C@H]1[C@H](O)[C@H]2O)O[C@@H]8CO)O[C@@H]7CO)O[C@@H]6CO)O[C@@H]5CSc1nccn1C)O[C@@H]4CO)O[C@@H]3CO. The normalized spacial score (nSPS) is 49.5. The maximum absolute atomic E-state index is 11.8. The minimum absolute atomic E-state index is 0.205. The number of aryl methyl sites for hydroxylation is 2. The third-order valence-corrected chi connectivity index (χ3v) is 19.0. The molecule has 2 aromatic rings. The highest BCUT2D eigenvalue weighted by molar-refractivity contribution is 7.99. The van der Waals surface area contributed by atoms with E-state index in [2.05, 4.69) is 9.97 Å². The molecule has 21 fully saturated rings. The van der Waals surface area contributed by atoms with E-state index in [0.29, 0.717) is 10.3 Å². The van der Waals surface area contributed by atoms with Crippen molar-refractivity contribution in [3.05, 3.63) is 24.8 Å². The van der Waals surface area contributed by atoms with Gasteiger partial charge in [0.15, 0.2) is 54.3 Å². The molecule has 508 valence electrons. The minimum atomic E-state index is -2.20. The third-order valence-electron chi connectivity index (χ3n) is 16.7. The van der Waals surface area contributed by atoms with E-state index in [4.69, 9.17) is 66.3 Å². The van der Waals surface area contributed by atoms with Crippen molar-refractivity contribution in [2.45, 2.75) is 225 Å². The summed E-state index contributed by atoms with van der Waals surface area (Å²) in [6.45, 7) is -5.11. The van der Waals surface area contributed by atoms with Gasteiger partial charge in [-0.3, -0.25) is 0 Å². The van der Waals surface area contributed by atoms with Crippen LogP contribution in [0, 0.1) is 0 Å². The monoisotopic (exact) mass is 1330 g/mol. The molecule has 0 radical (unpaired) electrons. The first-order valence-electron chi connectivity index (χ1n) is 28.5. The lowest BCUT2D eigenvalue weighted by Crippen LogP contribution is -2.68. The Morgan fingerprint density at radius 3 is 0.640 bits per heavy atom. The Morgan fingerprint density at radius 2 is 0.472 bits per heavy atom. The Bertz CT molecular complexity index is 2490. The molecule has 23 heterocycles. The summed E-state index contributed by atoms with van der Waals surface area (Å²) in [7, 11) is 3.32. The van der Waals surface area contributed by atoms with Gasteiger partial charge in [0.25, 0.3) is 0 Å². The number of ether oxygens (including phenoxy) is 14. The summed E-state index contributed by atoms with van der Waals surface area (Å²) in [6.07, 6.45) is -62.2. The van der Waals surface area contributed by atoms with Crippen molar-refractivity contribution >= 4 is 23.5 Å². The highest BCUT2D eigenvalue weighted by atomic mass is 32.2. The Morgan fingerprint density at radius 1 is 0.292 bits per heavy atom. The van der Waals surface area contributed by atoms with Gasteiger partial charge in [0.1, 0.15) is 159 Å². The molecular formula is C50H78N4O33S2. The number of imidazole rings is 2. The first kappa shape index (κ1) is 69.6. The molecular weight excluding hydrogens is 1250 g/mol. The van der Waals surface area contributed by atoms with Crippen LogP contribution in [-0.4, -0.2) is 376 Å². The molecule has 0 unspecified atom stereocenters. The molecule has 0 aromatic carbocycles. The molecule has 23 rings (SSSR count). The number of thioether (sulfide) groups is 2. The molecule has 21 aliphatic rings. The average Bonchev–Trinajstić information content (AvgIpc) is 1.04. The van der Waals surface area contributed by atoms with Crippen LogP contribution < -0.4 is 0 Å². The molecule has 39 heteroatoms. The second-order valence-electron chi connectivity index (χ2n) is 22.5. The van der Waals surface area contributed by atoms with Gasteiger partial charge in [-0.1, -0.05) is 23.5 Å². The minimum Gasteiger partial charge on any atom is -0.394 e. The van der Waals surface area contributed by atoms with Crippen LogP contribution in [0.15, 0.2) is 35.1 Å². The summed E-state index contributed by atoms with van der Waals surface area (Å²) < 4.78 is 86.4. The van der Waals surface area contributed by atoms with Crippen LogP contribution in [0.2, 0.25) is 0 Å². The van der Waals surface area contributed by atoms with E-state index in [1.54, 1.807) is 35.6 Å². The highest BCUT2D eigenvalue weighted by Crippen LogP contribution is 2.40. The lowest BCUT2D eigenvalue weighted by molar-refractivity contribution is -0.395. The van der Waals surface area contributed by atoms with Crippen molar-refractivity contribution in [2.75, 3.05) is 44.5 Å². The van der Waals surface area contributed by atoms with Gasteiger partial charge in [-0.05, 0) is 0 Å². The van der Waals surface area contributed by atoms with Crippen molar-refractivity contribution in [2.24, 2.45) is 14.1 Å². The van der Waals surface area contributed by atoms with Crippen LogP contribution in [0.3, 0.4) is 0 Å². The first-order valence-corrected chi connectivity index (χ1v) is 30.4. The maximum Gasteiger partial charge on any atom is 0.187 e. The van der Waals surface area contributed by atoms with Crippen molar-refractivity contribution < 1.29 is 163 Å². The number of nitrogens with zero attached hydrogens (tertiary/aromatic N) is 4. The van der Waals surface area contributed by atoms with Gasteiger partial charge in [0.05, 0.1) is 45.2 Å². The second kappa shape index (κ2) is 29.8. The van der Waals surface area contributed by atoms with E-state index in [-0.39, 0.29) is 11.5 Å². The largest absolute Gasteiger partial charge is 0.394 e. The van der Waals surface area contributed by atoms with Gasteiger partial charge in [0.2, 0.25) is 0 Å². The molecule has 37 nitrogen and oxygen atoms in total. The van der Waals surface area contributed by atoms with E-state index in [1.807, 2.05) is 0 Å². The van der Waals surface area contributed by atoms with E-state index in [9.17, 15) is 97.0 Å². The average molecular weight is 1330 g/mol. The molecule has 19 N–H and O–H groups in total. The predicted octanol–water partition coefficient (Wildman–Crippen LogP) is -12.2. The van der Waals surface area contributed by atoms with Crippen molar-refractivity contribution in [3.8, 4) is 0 Å².